The van der Waals surface area contributed by atoms with Crippen molar-refractivity contribution in [2.45, 2.75) is 38.6 Å². The van der Waals surface area contributed by atoms with Gasteiger partial charge in [0.15, 0.2) is 9.84 Å². The number of nitrogens with one attached hydrogen (secondary N) is 1. The molecule has 1 heterocycles. The van der Waals surface area contributed by atoms with Gasteiger partial charge in [-0.15, -0.1) is 0 Å². The van der Waals surface area contributed by atoms with E-state index in [2.05, 4.69) is 5.32 Å². The third kappa shape index (κ3) is 5.11. The minimum atomic E-state index is -3.64. The number of rotatable bonds is 7. The summed E-state index contributed by atoms with van der Waals surface area (Å²) in [7, 11) is -6.66. The first-order valence-corrected chi connectivity index (χ1v) is 12.6. The molecule has 1 fully saturated rings. The largest absolute Gasteiger partial charge is 0.325 e. The van der Waals surface area contributed by atoms with Gasteiger partial charge in [0.2, 0.25) is 15.9 Å². The second-order valence-corrected chi connectivity index (χ2v) is 11.1. The maximum atomic E-state index is 12.8. The van der Waals surface area contributed by atoms with E-state index < -0.39 is 25.9 Å². The van der Waals surface area contributed by atoms with E-state index in [1.807, 2.05) is 4.90 Å². The van der Waals surface area contributed by atoms with Gasteiger partial charge < -0.3 is 5.32 Å². The van der Waals surface area contributed by atoms with Gasteiger partial charge in [0.1, 0.15) is 0 Å². The van der Waals surface area contributed by atoms with E-state index in [0.717, 1.165) is 0 Å². The van der Waals surface area contributed by atoms with Crippen molar-refractivity contribution in [3.63, 3.8) is 0 Å². The molecule has 0 saturated carbocycles. The third-order valence-electron chi connectivity index (χ3n) is 5.09. The summed E-state index contributed by atoms with van der Waals surface area (Å²) in [5, 5.41) is 2.76. The Bertz CT molecular complexity index is 911. The van der Waals surface area contributed by atoms with Crippen molar-refractivity contribution >= 4 is 31.5 Å². The highest BCUT2D eigenvalue weighted by atomic mass is 32.2. The molecule has 2 rings (SSSR count). The van der Waals surface area contributed by atoms with Gasteiger partial charge in [-0.25, -0.2) is 16.8 Å². The van der Waals surface area contributed by atoms with E-state index in [0.29, 0.717) is 37.4 Å². The molecule has 1 aliphatic rings. The monoisotopic (exact) mass is 431 g/mol. The highest BCUT2D eigenvalue weighted by molar-refractivity contribution is 7.91. The van der Waals surface area contributed by atoms with Gasteiger partial charge in [0.25, 0.3) is 0 Å². The number of hydrogen-bond donors (Lipinski definition) is 1. The molecule has 1 saturated heterocycles. The molecule has 8 nitrogen and oxygen atoms in total. The summed E-state index contributed by atoms with van der Waals surface area (Å²) in [5.74, 6) is -0.211. The number of hydrogen-bond acceptors (Lipinski definition) is 6. The Hall–Kier alpha value is -1.49. The van der Waals surface area contributed by atoms with Gasteiger partial charge in [-0.1, -0.05) is 19.9 Å². The van der Waals surface area contributed by atoms with E-state index in [4.69, 9.17) is 0 Å². The van der Waals surface area contributed by atoms with Crippen LogP contribution in [-0.4, -0.2) is 75.7 Å². The average molecular weight is 432 g/mol. The fraction of sp³-hybridized carbons (Fsp3) is 0.611. The van der Waals surface area contributed by atoms with Crippen LogP contribution < -0.4 is 5.32 Å². The molecule has 1 aromatic rings. The van der Waals surface area contributed by atoms with Crippen LogP contribution in [-0.2, 0) is 24.7 Å². The number of amides is 1. The summed E-state index contributed by atoms with van der Waals surface area (Å²) in [4.78, 5) is 14.6. The molecular weight excluding hydrogens is 402 g/mol. The zero-order valence-electron chi connectivity index (χ0n) is 16.8. The Morgan fingerprint density at radius 1 is 1.21 bits per heavy atom. The van der Waals surface area contributed by atoms with Crippen LogP contribution in [0.15, 0.2) is 23.1 Å². The first-order valence-electron chi connectivity index (χ1n) is 9.38. The lowest BCUT2D eigenvalue weighted by molar-refractivity contribution is -0.120. The number of carbonyl (C=O) groups is 1. The van der Waals surface area contributed by atoms with Crippen molar-refractivity contribution in [3.05, 3.63) is 23.8 Å². The zero-order valence-corrected chi connectivity index (χ0v) is 18.4. The number of aryl methyl sites for hydroxylation is 1. The number of sulfone groups is 1. The van der Waals surface area contributed by atoms with E-state index >= 15 is 0 Å². The molecule has 1 atom stereocenters. The van der Waals surface area contributed by atoms with Crippen LogP contribution in [0.2, 0.25) is 0 Å². The van der Waals surface area contributed by atoms with Gasteiger partial charge in [-0.2, -0.15) is 4.31 Å². The van der Waals surface area contributed by atoms with Crippen LogP contribution in [0.3, 0.4) is 0 Å². The molecule has 0 aliphatic carbocycles. The molecule has 1 amide bonds. The van der Waals surface area contributed by atoms with Gasteiger partial charge in [0.05, 0.1) is 22.4 Å². The molecule has 28 heavy (non-hydrogen) atoms. The minimum absolute atomic E-state index is 0.0431. The SMILES string of the molecule is CCN(CC)S(=O)(=O)c1cc(NC(=O)C(C)N2CCS(=O)(=O)CC2)ccc1C. The summed E-state index contributed by atoms with van der Waals surface area (Å²) in [6.45, 7) is 8.35. The van der Waals surface area contributed by atoms with Crippen molar-refractivity contribution < 1.29 is 21.6 Å². The Labute approximate surface area is 167 Å². The normalized spacial score (nSPS) is 18.8. The standard InChI is InChI=1S/C18H29N3O5S2/c1-5-21(6-2)28(25,26)17-13-16(8-7-14(17)3)19-18(22)15(4)20-9-11-27(23,24)12-10-20/h7-8,13,15H,5-6,9-12H2,1-4H3,(H,19,22). The summed E-state index contributed by atoms with van der Waals surface area (Å²) >= 11 is 0. The quantitative estimate of drug-likeness (QED) is 0.693. The fourth-order valence-corrected chi connectivity index (χ4v) is 6.12. The summed E-state index contributed by atoms with van der Waals surface area (Å²) < 4.78 is 50.2. The smallest absolute Gasteiger partial charge is 0.243 e. The molecule has 10 heteroatoms. The molecule has 0 aromatic heterocycles. The zero-order chi connectivity index (χ0) is 21.1. The summed E-state index contributed by atoms with van der Waals surface area (Å²) in [6.07, 6.45) is 0. The molecule has 158 valence electrons. The van der Waals surface area contributed by atoms with E-state index in [-0.39, 0.29) is 22.3 Å². The Kier molecular flexibility index (Phi) is 7.24. The molecule has 1 aliphatic heterocycles. The van der Waals surface area contributed by atoms with E-state index in [9.17, 15) is 21.6 Å². The molecule has 1 aromatic carbocycles. The predicted octanol–water partition coefficient (Wildman–Crippen LogP) is 1.08. The Morgan fingerprint density at radius 3 is 2.32 bits per heavy atom. The van der Waals surface area contributed by atoms with Crippen LogP contribution in [0.4, 0.5) is 5.69 Å². The first kappa shape index (κ1) is 22.8. The van der Waals surface area contributed by atoms with Crippen molar-refractivity contribution in [2.75, 3.05) is 43.0 Å². The van der Waals surface area contributed by atoms with Crippen molar-refractivity contribution in [1.82, 2.24) is 9.21 Å². The molecule has 1 unspecified atom stereocenters. The molecule has 0 bridgehead atoms. The number of benzene rings is 1. The van der Waals surface area contributed by atoms with E-state index in [1.165, 1.54) is 10.4 Å². The molecule has 0 spiro atoms. The van der Waals surface area contributed by atoms with Gasteiger partial charge >= 0.3 is 0 Å². The number of carbonyl (C=O) groups excluding carboxylic acids is 1. The topological polar surface area (TPSA) is 104 Å². The highest BCUT2D eigenvalue weighted by Crippen LogP contribution is 2.24. The lowest BCUT2D eigenvalue weighted by Crippen LogP contribution is -2.49. The third-order valence-corrected chi connectivity index (χ3v) is 8.89. The maximum absolute atomic E-state index is 12.8. The van der Waals surface area contributed by atoms with Crippen molar-refractivity contribution in [2.24, 2.45) is 0 Å². The Balaban J connectivity index is 2.17. The number of sulfonamides is 1. The number of nitrogens with zero attached hydrogens (tertiary/aromatic N) is 2. The second-order valence-electron chi connectivity index (χ2n) is 6.92. The van der Waals surface area contributed by atoms with Crippen LogP contribution in [0.5, 0.6) is 0 Å². The lowest BCUT2D eigenvalue weighted by atomic mass is 10.2. The highest BCUT2D eigenvalue weighted by Gasteiger charge is 2.29. The van der Waals surface area contributed by atoms with Crippen molar-refractivity contribution in [1.29, 1.82) is 0 Å². The van der Waals surface area contributed by atoms with Gasteiger partial charge in [-0.3, -0.25) is 9.69 Å². The van der Waals surface area contributed by atoms with Crippen LogP contribution in [0.25, 0.3) is 0 Å². The molecule has 1 N–H and O–H groups in total. The van der Waals surface area contributed by atoms with Crippen LogP contribution in [0, 0.1) is 6.92 Å². The summed E-state index contributed by atoms with van der Waals surface area (Å²) in [6, 6.07) is 4.31. The average Bonchev–Trinajstić information content (AvgIpc) is 2.63. The summed E-state index contributed by atoms with van der Waals surface area (Å²) in [5.41, 5.74) is 1.01. The Morgan fingerprint density at radius 2 is 1.79 bits per heavy atom. The van der Waals surface area contributed by atoms with Crippen molar-refractivity contribution in [3.8, 4) is 0 Å². The second kappa shape index (κ2) is 8.89. The van der Waals surface area contributed by atoms with Crippen LogP contribution >= 0.6 is 0 Å². The minimum Gasteiger partial charge on any atom is -0.325 e. The van der Waals surface area contributed by atoms with Crippen LogP contribution in [0.1, 0.15) is 26.3 Å². The van der Waals surface area contributed by atoms with Gasteiger partial charge in [-0.05, 0) is 31.5 Å². The molecular formula is C18H29N3O5S2. The molecule has 0 radical (unpaired) electrons. The predicted molar refractivity (Wildman–Crippen MR) is 110 cm³/mol. The lowest BCUT2D eigenvalue weighted by Gasteiger charge is -2.31. The number of anilines is 1. The maximum Gasteiger partial charge on any atom is 0.243 e. The fourth-order valence-electron chi connectivity index (χ4n) is 3.18. The first-order chi connectivity index (χ1) is 13.0. The van der Waals surface area contributed by atoms with Gasteiger partial charge in [0, 0.05) is 31.9 Å². The van der Waals surface area contributed by atoms with E-state index in [1.54, 1.807) is 39.8 Å².